The second-order valence-corrected chi connectivity index (χ2v) is 14.0. The molecule has 2 aromatic carbocycles. The molecule has 0 bridgehead atoms. The van der Waals surface area contributed by atoms with Gasteiger partial charge in [0.15, 0.2) is 0 Å². The molecule has 0 spiro atoms. The van der Waals surface area contributed by atoms with Gasteiger partial charge in [-0.25, -0.2) is 4.70 Å². The van der Waals surface area contributed by atoms with Gasteiger partial charge in [-0.05, 0) is 100.0 Å². The third-order valence-electron chi connectivity index (χ3n) is 9.95. The van der Waals surface area contributed by atoms with E-state index >= 15 is 0 Å². The Morgan fingerprint density at radius 2 is 1.02 bits per heavy atom. The Morgan fingerprint density at radius 3 is 1.72 bits per heavy atom. The molecular weight excluding hydrogens is 569 g/mol. The maximum atomic E-state index is 12.2. The van der Waals surface area contributed by atoms with Crippen LogP contribution in [-0.4, -0.2) is 4.70 Å². The first-order valence-corrected chi connectivity index (χ1v) is 19.9. The lowest BCUT2D eigenvalue weighted by atomic mass is 9.90. The standard InChI is InChI=1S/C45H68N2/c1-5-9-13-16-18-19-20-21-24-29-39-30-26-27-32-41(39)45-43(33-25-22-17-14-10-6-2)42(31-12-8-4)44(47(45)46)40-36-34-38(35-37-40)28-23-15-11-7-3/h19-20,26-27,30,32,34-37H,5-18,21-25,28-29,31,33H2,1-4H3. The normalized spacial score (nSPS) is 13.6. The summed E-state index contributed by atoms with van der Waals surface area (Å²) in [5.41, 5.74) is 22.2. The van der Waals surface area contributed by atoms with Crippen molar-refractivity contribution in [2.24, 2.45) is 0 Å². The fraction of sp³-hybridized carbons (Fsp3) is 0.600. The first kappa shape index (κ1) is 38.7. The van der Waals surface area contributed by atoms with E-state index in [1.165, 1.54) is 124 Å². The van der Waals surface area contributed by atoms with Gasteiger partial charge in [-0.3, -0.25) is 0 Å². The first-order valence-electron chi connectivity index (χ1n) is 19.9. The molecule has 3 rings (SSSR count). The van der Waals surface area contributed by atoms with Gasteiger partial charge in [-0.2, -0.15) is 0 Å². The molecule has 47 heavy (non-hydrogen) atoms. The highest BCUT2D eigenvalue weighted by atomic mass is 15.2. The molecule has 2 heteroatoms. The van der Waals surface area contributed by atoms with Crippen molar-refractivity contribution in [2.45, 2.75) is 175 Å². The average molecular weight is 637 g/mol. The molecular formula is C45H68N2. The predicted octanol–water partition coefficient (Wildman–Crippen LogP) is 14.8. The van der Waals surface area contributed by atoms with E-state index in [4.69, 9.17) is 0 Å². The number of rotatable bonds is 26. The molecule has 1 heterocycles. The third-order valence-corrected chi connectivity index (χ3v) is 9.95. The summed E-state index contributed by atoms with van der Waals surface area (Å²) in [4.78, 5) is 0. The van der Waals surface area contributed by atoms with Gasteiger partial charge in [0, 0.05) is 22.3 Å². The van der Waals surface area contributed by atoms with Crippen LogP contribution in [0.2, 0.25) is 0 Å². The van der Waals surface area contributed by atoms with E-state index in [1.807, 2.05) is 0 Å². The van der Waals surface area contributed by atoms with Crippen LogP contribution in [0.1, 0.15) is 185 Å². The SMILES string of the molecule is CCCCCCC=CCCCc1ccccc1C1=C(CCCCCCCC)C(CCCC)=C(c2ccc(CCCCCC)cc2)[N+]1=[N-]. The van der Waals surface area contributed by atoms with E-state index in [1.54, 1.807) is 4.70 Å². The number of unbranched alkanes of at least 4 members (excludes halogenated alkanes) is 14. The van der Waals surface area contributed by atoms with Crippen molar-refractivity contribution in [3.63, 3.8) is 0 Å². The summed E-state index contributed by atoms with van der Waals surface area (Å²) in [6.45, 7) is 9.13. The van der Waals surface area contributed by atoms with Crippen LogP contribution in [0, 0.1) is 0 Å². The highest BCUT2D eigenvalue weighted by Gasteiger charge is 2.35. The summed E-state index contributed by atoms with van der Waals surface area (Å²) >= 11 is 0. The van der Waals surface area contributed by atoms with Crippen LogP contribution >= 0.6 is 0 Å². The van der Waals surface area contributed by atoms with Crippen LogP contribution in [0.4, 0.5) is 0 Å². The Labute approximate surface area is 290 Å². The highest BCUT2D eigenvalue weighted by molar-refractivity contribution is 5.82. The quantitative estimate of drug-likeness (QED) is 0.0558. The van der Waals surface area contributed by atoms with Crippen LogP contribution in [0.15, 0.2) is 71.8 Å². The molecule has 0 unspecified atom stereocenters. The van der Waals surface area contributed by atoms with Crippen LogP contribution in [0.3, 0.4) is 0 Å². The topological polar surface area (TPSA) is 25.3 Å². The second-order valence-electron chi connectivity index (χ2n) is 14.0. The molecule has 0 aromatic heterocycles. The number of hydrogen-bond acceptors (Lipinski definition) is 0. The summed E-state index contributed by atoms with van der Waals surface area (Å²) < 4.78 is 1.60. The Kier molecular flexibility index (Phi) is 19.4. The molecule has 258 valence electrons. The number of hydrogen-bond donors (Lipinski definition) is 0. The van der Waals surface area contributed by atoms with E-state index in [-0.39, 0.29) is 0 Å². The number of benzene rings is 2. The molecule has 1 aliphatic heterocycles. The van der Waals surface area contributed by atoms with E-state index in [0.29, 0.717) is 0 Å². The van der Waals surface area contributed by atoms with E-state index in [0.717, 1.165) is 68.3 Å². The van der Waals surface area contributed by atoms with Gasteiger partial charge in [-0.1, -0.05) is 147 Å². The fourth-order valence-electron chi connectivity index (χ4n) is 7.09. The van der Waals surface area contributed by atoms with Gasteiger partial charge < -0.3 is 5.53 Å². The molecule has 0 saturated carbocycles. The maximum Gasteiger partial charge on any atom is 0.211 e. The second kappa shape index (κ2) is 23.6. The molecule has 2 aromatic rings. The molecule has 0 aliphatic carbocycles. The third kappa shape index (κ3) is 13.0. The fourth-order valence-corrected chi connectivity index (χ4v) is 7.09. The van der Waals surface area contributed by atoms with E-state index < -0.39 is 0 Å². The highest BCUT2D eigenvalue weighted by Crippen LogP contribution is 2.45. The van der Waals surface area contributed by atoms with Crippen molar-refractivity contribution in [2.75, 3.05) is 0 Å². The van der Waals surface area contributed by atoms with Crippen LogP contribution in [-0.2, 0) is 12.8 Å². The van der Waals surface area contributed by atoms with Gasteiger partial charge >= 0.3 is 0 Å². The largest absolute Gasteiger partial charge is 0.493 e. The summed E-state index contributed by atoms with van der Waals surface area (Å²) in [5.74, 6) is 0. The zero-order chi connectivity index (χ0) is 33.5. The van der Waals surface area contributed by atoms with Gasteiger partial charge in [0.25, 0.3) is 0 Å². The summed E-state index contributed by atoms with van der Waals surface area (Å²) in [5, 5.41) is 0. The maximum absolute atomic E-state index is 12.2. The van der Waals surface area contributed by atoms with Gasteiger partial charge in [0.2, 0.25) is 11.4 Å². The molecule has 0 radical (unpaired) electrons. The van der Waals surface area contributed by atoms with Crippen molar-refractivity contribution in [3.8, 4) is 0 Å². The number of allylic oxidation sites excluding steroid dienone is 4. The number of aryl methyl sites for hydroxylation is 2. The van der Waals surface area contributed by atoms with Crippen molar-refractivity contribution < 1.29 is 4.70 Å². The van der Waals surface area contributed by atoms with Crippen LogP contribution in [0.5, 0.6) is 0 Å². The van der Waals surface area contributed by atoms with Crippen LogP contribution < -0.4 is 0 Å². The minimum atomic E-state index is 1.02. The van der Waals surface area contributed by atoms with Crippen molar-refractivity contribution in [1.29, 1.82) is 0 Å². The Hall–Kier alpha value is -2.74. The van der Waals surface area contributed by atoms with E-state index in [2.05, 4.69) is 88.4 Å². The molecule has 0 amide bonds. The minimum Gasteiger partial charge on any atom is -0.493 e. The molecule has 0 atom stereocenters. The molecule has 0 saturated heterocycles. The average Bonchev–Trinajstić information content (AvgIpc) is 3.37. The van der Waals surface area contributed by atoms with Crippen molar-refractivity contribution in [1.82, 2.24) is 0 Å². The Morgan fingerprint density at radius 1 is 0.489 bits per heavy atom. The molecule has 0 N–H and O–H groups in total. The minimum absolute atomic E-state index is 1.02. The summed E-state index contributed by atoms with van der Waals surface area (Å²) in [6, 6.07) is 18.0. The number of nitrogens with zero attached hydrogens (tertiary/aromatic N) is 2. The lowest BCUT2D eigenvalue weighted by Crippen LogP contribution is -2.05. The Bertz CT molecular complexity index is 1260. The monoisotopic (exact) mass is 637 g/mol. The summed E-state index contributed by atoms with van der Waals surface area (Å²) in [6.07, 6.45) is 32.9. The van der Waals surface area contributed by atoms with Crippen molar-refractivity contribution >= 4 is 11.4 Å². The zero-order valence-electron chi connectivity index (χ0n) is 30.9. The zero-order valence-corrected chi connectivity index (χ0v) is 30.9. The first-order chi connectivity index (χ1) is 23.2. The molecule has 1 aliphatic rings. The molecule has 2 nitrogen and oxygen atoms in total. The smallest absolute Gasteiger partial charge is 0.211 e. The van der Waals surface area contributed by atoms with Gasteiger partial charge in [-0.15, -0.1) is 0 Å². The van der Waals surface area contributed by atoms with Crippen LogP contribution in [0.25, 0.3) is 16.9 Å². The molecule has 0 fully saturated rings. The van der Waals surface area contributed by atoms with Crippen molar-refractivity contribution in [3.05, 3.63) is 99.6 Å². The lowest BCUT2D eigenvalue weighted by Gasteiger charge is -2.13. The summed E-state index contributed by atoms with van der Waals surface area (Å²) in [7, 11) is 0. The van der Waals surface area contributed by atoms with E-state index in [9.17, 15) is 5.53 Å². The lowest BCUT2D eigenvalue weighted by molar-refractivity contribution is -0.345. The van der Waals surface area contributed by atoms with Gasteiger partial charge in [0.1, 0.15) is 0 Å². The van der Waals surface area contributed by atoms with Gasteiger partial charge in [0.05, 0.1) is 0 Å². The Balaban J connectivity index is 1.88. The predicted molar refractivity (Wildman–Crippen MR) is 207 cm³/mol.